The molecule has 2 nitrogen and oxygen atoms in total. The highest BCUT2D eigenvalue weighted by atomic mass is 79.9. The highest BCUT2D eigenvalue weighted by Gasteiger charge is 2.21. The Hall–Kier alpha value is -0.350. The van der Waals surface area contributed by atoms with Crippen LogP contribution in [-0.4, -0.2) is 9.38 Å². The minimum absolute atomic E-state index is 0.0374. The molecule has 0 radical (unpaired) electrons. The summed E-state index contributed by atoms with van der Waals surface area (Å²) in [5.74, 6) is 1.06. The van der Waals surface area contributed by atoms with Gasteiger partial charge in [-0.3, -0.25) is 0 Å². The molecular weight excluding hydrogens is 320 g/mol. The van der Waals surface area contributed by atoms with Gasteiger partial charge in [-0.05, 0) is 44.0 Å². The SMILES string of the molecule is CC(C)(C)c1nc(Br)c2ccc(Br)cn12. The van der Waals surface area contributed by atoms with E-state index < -0.39 is 0 Å². The van der Waals surface area contributed by atoms with E-state index in [9.17, 15) is 0 Å². The number of hydrogen-bond acceptors (Lipinski definition) is 1. The minimum atomic E-state index is 0.0374. The normalized spacial score (nSPS) is 12.3. The number of pyridine rings is 1. The summed E-state index contributed by atoms with van der Waals surface area (Å²) in [4.78, 5) is 4.56. The highest BCUT2D eigenvalue weighted by Crippen LogP contribution is 2.28. The van der Waals surface area contributed by atoms with E-state index in [1.165, 1.54) is 0 Å². The fourth-order valence-corrected chi connectivity index (χ4v) is 2.38. The Kier molecular flexibility index (Phi) is 2.67. The third kappa shape index (κ3) is 1.97. The van der Waals surface area contributed by atoms with E-state index in [0.29, 0.717) is 0 Å². The number of imidazole rings is 1. The molecule has 2 aromatic heterocycles. The average molecular weight is 332 g/mol. The lowest BCUT2D eigenvalue weighted by molar-refractivity contribution is 0.542. The van der Waals surface area contributed by atoms with Crippen LogP contribution in [0.2, 0.25) is 0 Å². The zero-order chi connectivity index (χ0) is 11.2. The molecule has 0 spiro atoms. The van der Waals surface area contributed by atoms with Crippen LogP contribution in [0.4, 0.5) is 0 Å². The van der Waals surface area contributed by atoms with Crippen molar-refractivity contribution in [2.75, 3.05) is 0 Å². The van der Waals surface area contributed by atoms with Gasteiger partial charge in [-0.25, -0.2) is 4.98 Å². The Balaban J connectivity index is 2.81. The lowest BCUT2D eigenvalue weighted by Crippen LogP contribution is -2.15. The molecule has 4 heteroatoms. The zero-order valence-electron chi connectivity index (χ0n) is 8.88. The van der Waals surface area contributed by atoms with E-state index in [2.05, 4.69) is 68.1 Å². The number of nitrogens with zero attached hydrogens (tertiary/aromatic N) is 2. The molecule has 0 fully saturated rings. The van der Waals surface area contributed by atoms with Crippen LogP contribution >= 0.6 is 31.9 Å². The Morgan fingerprint density at radius 2 is 1.87 bits per heavy atom. The quantitative estimate of drug-likeness (QED) is 0.708. The fraction of sp³-hybridized carbons (Fsp3) is 0.364. The molecule has 0 amide bonds. The van der Waals surface area contributed by atoms with Crippen LogP contribution in [-0.2, 0) is 5.41 Å². The molecule has 0 aliphatic heterocycles. The Morgan fingerprint density at radius 3 is 2.47 bits per heavy atom. The topological polar surface area (TPSA) is 17.3 Å². The smallest absolute Gasteiger partial charge is 0.132 e. The van der Waals surface area contributed by atoms with Crippen molar-refractivity contribution in [1.29, 1.82) is 0 Å². The second-order valence-electron chi connectivity index (χ2n) is 4.58. The fourth-order valence-electron chi connectivity index (χ4n) is 1.55. The van der Waals surface area contributed by atoms with Crippen molar-refractivity contribution in [3.63, 3.8) is 0 Å². The summed E-state index contributed by atoms with van der Waals surface area (Å²) in [5.41, 5.74) is 1.14. The van der Waals surface area contributed by atoms with Crippen LogP contribution in [0.3, 0.4) is 0 Å². The molecule has 0 N–H and O–H groups in total. The van der Waals surface area contributed by atoms with E-state index in [0.717, 1.165) is 20.4 Å². The Labute approximate surface area is 106 Å². The van der Waals surface area contributed by atoms with Gasteiger partial charge in [0.1, 0.15) is 10.4 Å². The number of rotatable bonds is 0. The first-order chi connectivity index (χ1) is 6.89. The van der Waals surface area contributed by atoms with E-state index in [-0.39, 0.29) is 5.41 Å². The molecule has 0 saturated heterocycles. The Morgan fingerprint density at radius 1 is 1.20 bits per heavy atom. The standard InChI is InChI=1S/C11H12Br2N2/c1-11(2,3)10-14-9(13)8-5-4-7(12)6-15(8)10/h4-6H,1-3H3. The van der Waals surface area contributed by atoms with E-state index in [4.69, 9.17) is 0 Å². The molecule has 0 aliphatic carbocycles. The van der Waals surface area contributed by atoms with Crippen molar-refractivity contribution in [2.45, 2.75) is 26.2 Å². The molecule has 0 unspecified atom stereocenters. The van der Waals surface area contributed by atoms with Crippen molar-refractivity contribution in [2.24, 2.45) is 0 Å². The van der Waals surface area contributed by atoms with Crippen LogP contribution in [0.15, 0.2) is 27.4 Å². The van der Waals surface area contributed by atoms with Crippen molar-refractivity contribution in [3.8, 4) is 0 Å². The predicted octanol–water partition coefficient (Wildman–Crippen LogP) is 4.16. The van der Waals surface area contributed by atoms with Gasteiger partial charge in [0.2, 0.25) is 0 Å². The van der Waals surface area contributed by atoms with Gasteiger partial charge in [-0.15, -0.1) is 0 Å². The minimum Gasteiger partial charge on any atom is -0.301 e. The van der Waals surface area contributed by atoms with Gasteiger partial charge in [0.15, 0.2) is 0 Å². The molecule has 0 aromatic carbocycles. The molecule has 0 saturated carbocycles. The van der Waals surface area contributed by atoms with Crippen molar-refractivity contribution in [3.05, 3.63) is 33.2 Å². The monoisotopic (exact) mass is 330 g/mol. The molecule has 2 heterocycles. The highest BCUT2D eigenvalue weighted by molar-refractivity contribution is 9.10. The van der Waals surface area contributed by atoms with Crippen molar-refractivity contribution < 1.29 is 0 Å². The maximum absolute atomic E-state index is 4.56. The van der Waals surface area contributed by atoms with Crippen LogP contribution in [0.25, 0.3) is 5.52 Å². The number of fused-ring (bicyclic) bond motifs is 1. The summed E-state index contributed by atoms with van der Waals surface area (Å²) >= 11 is 6.97. The van der Waals surface area contributed by atoms with Gasteiger partial charge in [0.25, 0.3) is 0 Å². The van der Waals surface area contributed by atoms with Gasteiger partial charge >= 0.3 is 0 Å². The summed E-state index contributed by atoms with van der Waals surface area (Å²) in [5, 5.41) is 0. The molecular formula is C11H12Br2N2. The molecule has 2 rings (SSSR count). The average Bonchev–Trinajstić information content (AvgIpc) is 2.42. The zero-order valence-corrected chi connectivity index (χ0v) is 12.1. The lowest BCUT2D eigenvalue weighted by atomic mass is 9.96. The number of aromatic nitrogens is 2. The van der Waals surface area contributed by atoms with Gasteiger partial charge in [0.05, 0.1) is 5.52 Å². The second-order valence-corrected chi connectivity index (χ2v) is 6.25. The molecule has 80 valence electrons. The van der Waals surface area contributed by atoms with Crippen LogP contribution in [0.5, 0.6) is 0 Å². The molecule has 0 aliphatic rings. The molecule has 0 bridgehead atoms. The Bertz CT molecular complexity index is 509. The second kappa shape index (κ2) is 3.59. The predicted molar refractivity (Wildman–Crippen MR) is 69.3 cm³/mol. The van der Waals surface area contributed by atoms with Crippen molar-refractivity contribution >= 4 is 37.4 Å². The lowest BCUT2D eigenvalue weighted by Gasteiger charge is -2.16. The van der Waals surface area contributed by atoms with E-state index in [1.807, 2.05) is 12.3 Å². The summed E-state index contributed by atoms with van der Waals surface area (Å²) < 4.78 is 4.08. The van der Waals surface area contributed by atoms with Crippen molar-refractivity contribution in [1.82, 2.24) is 9.38 Å². The largest absolute Gasteiger partial charge is 0.301 e. The maximum atomic E-state index is 4.56. The van der Waals surface area contributed by atoms with Gasteiger partial charge in [-0.1, -0.05) is 20.8 Å². The van der Waals surface area contributed by atoms with Gasteiger partial charge in [-0.2, -0.15) is 0 Å². The summed E-state index contributed by atoms with van der Waals surface area (Å²) in [6, 6.07) is 4.07. The number of halogens is 2. The molecule has 2 aromatic rings. The van der Waals surface area contributed by atoms with E-state index in [1.54, 1.807) is 0 Å². The summed E-state index contributed by atoms with van der Waals surface area (Å²) in [6.45, 7) is 6.49. The first-order valence-electron chi connectivity index (χ1n) is 4.73. The first-order valence-corrected chi connectivity index (χ1v) is 6.32. The first kappa shape index (κ1) is 11.1. The van der Waals surface area contributed by atoms with Gasteiger partial charge < -0.3 is 4.40 Å². The summed E-state index contributed by atoms with van der Waals surface area (Å²) in [7, 11) is 0. The summed E-state index contributed by atoms with van der Waals surface area (Å²) in [6.07, 6.45) is 2.05. The van der Waals surface area contributed by atoms with Crippen LogP contribution in [0, 0.1) is 0 Å². The molecule has 0 atom stereocenters. The number of hydrogen-bond donors (Lipinski definition) is 0. The third-order valence-electron chi connectivity index (χ3n) is 2.23. The maximum Gasteiger partial charge on any atom is 0.132 e. The van der Waals surface area contributed by atoms with E-state index >= 15 is 0 Å². The molecule has 15 heavy (non-hydrogen) atoms. The van der Waals surface area contributed by atoms with Crippen LogP contribution < -0.4 is 0 Å². The van der Waals surface area contributed by atoms with Gasteiger partial charge in [0, 0.05) is 16.1 Å². The third-order valence-corrected chi connectivity index (χ3v) is 3.28. The van der Waals surface area contributed by atoms with Crippen LogP contribution in [0.1, 0.15) is 26.6 Å².